The van der Waals surface area contributed by atoms with Crippen molar-refractivity contribution in [1.29, 1.82) is 10.8 Å². The summed E-state index contributed by atoms with van der Waals surface area (Å²) in [7, 11) is 0. The summed E-state index contributed by atoms with van der Waals surface area (Å²) in [6.07, 6.45) is 1.65. The van der Waals surface area contributed by atoms with Gasteiger partial charge in [-0.15, -0.1) is 29.9 Å². The van der Waals surface area contributed by atoms with E-state index >= 15 is 0 Å². The van der Waals surface area contributed by atoms with Gasteiger partial charge in [0, 0.05) is 16.7 Å². The molecule has 1 aromatic heterocycles. The Bertz CT molecular complexity index is 955. The zero-order valence-corrected chi connectivity index (χ0v) is 15.0. The predicted octanol–water partition coefficient (Wildman–Crippen LogP) is 2.05. The molecule has 0 unspecified atom stereocenters. The summed E-state index contributed by atoms with van der Waals surface area (Å²) in [4.78, 5) is 0. The number of phenols is 1. The molecule has 0 aliphatic rings. The van der Waals surface area contributed by atoms with E-state index in [1.165, 1.54) is 10.7 Å². The molecule has 10 heteroatoms. The third-order valence-electron chi connectivity index (χ3n) is 3.50. The van der Waals surface area contributed by atoms with Gasteiger partial charge in [0.05, 0.1) is 11.9 Å². The van der Waals surface area contributed by atoms with E-state index in [0.29, 0.717) is 28.1 Å². The fourth-order valence-electron chi connectivity index (χ4n) is 2.25. The van der Waals surface area contributed by atoms with Crippen LogP contribution in [0.5, 0.6) is 5.75 Å². The Morgan fingerprint density at radius 2 is 1.62 bits per heavy atom. The number of aromatic nitrogens is 3. The third kappa shape index (κ3) is 4.11. The van der Waals surface area contributed by atoms with E-state index in [-0.39, 0.29) is 42.2 Å². The van der Waals surface area contributed by atoms with Crippen molar-refractivity contribution < 1.29 is 5.11 Å². The summed E-state index contributed by atoms with van der Waals surface area (Å²) in [5.41, 5.74) is 13.6. The average Bonchev–Trinajstić information content (AvgIpc) is 3.04. The van der Waals surface area contributed by atoms with Gasteiger partial charge in [-0.2, -0.15) is 0 Å². The van der Waals surface area contributed by atoms with Crippen LogP contribution in [-0.2, 0) is 0 Å². The Labute approximate surface area is 161 Å². The largest absolute Gasteiger partial charge is 0.507 e. The zero-order chi connectivity index (χ0) is 17.3. The van der Waals surface area contributed by atoms with Crippen LogP contribution in [0.1, 0.15) is 11.1 Å². The number of hydrogen-bond acceptors (Lipinski definition) is 5. The lowest BCUT2D eigenvalue weighted by molar-refractivity contribution is 0.477. The number of nitrogens with two attached hydrogens (primary N) is 2. The molecule has 0 atom stereocenters. The second-order valence-electron chi connectivity index (χ2n) is 5.16. The van der Waals surface area contributed by atoms with Crippen LogP contribution in [0, 0.1) is 10.8 Å². The standard InChI is InChI=1S/C16H15N7O.2ClH/c17-15(18)9-2-1-3-11(6-9)23-8-13(21-22-23)12-5-4-10(16(19)20)7-14(12)24;;/h1-8,24H,(H3,17,18)(H3,19,20);2*1H. The minimum atomic E-state index is -0.124. The second-order valence-corrected chi connectivity index (χ2v) is 5.16. The minimum absolute atomic E-state index is 0. The van der Waals surface area contributed by atoms with Gasteiger partial charge in [-0.25, -0.2) is 4.68 Å². The normalized spacial score (nSPS) is 9.69. The molecule has 26 heavy (non-hydrogen) atoms. The highest BCUT2D eigenvalue weighted by molar-refractivity contribution is 5.96. The summed E-state index contributed by atoms with van der Waals surface area (Å²) >= 11 is 0. The van der Waals surface area contributed by atoms with Gasteiger partial charge in [-0.1, -0.05) is 23.4 Å². The van der Waals surface area contributed by atoms with Crippen LogP contribution >= 0.6 is 24.8 Å². The molecule has 0 amide bonds. The second kappa shape index (κ2) is 8.32. The third-order valence-corrected chi connectivity index (χ3v) is 3.50. The van der Waals surface area contributed by atoms with E-state index in [2.05, 4.69) is 10.3 Å². The molecule has 0 aliphatic heterocycles. The molecule has 3 aromatic rings. The number of nitrogen functional groups attached to an aromatic ring is 2. The first-order chi connectivity index (χ1) is 11.5. The number of benzene rings is 2. The molecule has 0 radical (unpaired) electrons. The van der Waals surface area contributed by atoms with Gasteiger partial charge in [0.1, 0.15) is 23.1 Å². The van der Waals surface area contributed by atoms with Crippen molar-refractivity contribution >= 4 is 36.5 Å². The van der Waals surface area contributed by atoms with E-state index in [1.54, 1.807) is 36.5 Å². The molecule has 1 heterocycles. The van der Waals surface area contributed by atoms with Gasteiger partial charge in [-0.05, 0) is 24.3 Å². The van der Waals surface area contributed by atoms with Gasteiger partial charge < -0.3 is 16.6 Å². The molecule has 0 aliphatic carbocycles. The van der Waals surface area contributed by atoms with Gasteiger partial charge in [0.25, 0.3) is 0 Å². The number of hydrogen-bond donors (Lipinski definition) is 5. The topological polar surface area (TPSA) is 151 Å². The van der Waals surface area contributed by atoms with E-state index in [9.17, 15) is 5.11 Å². The summed E-state index contributed by atoms with van der Waals surface area (Å²) in [5, 5.41) is 33.1. The van der Waals surface area contributed by atoms with Crippen LogP contribution in [-0.4, -0.2) is 31.8 Å². The smallest absolute Gasteiger partial charge is 0.125 e. The van der Waals surface area contributed by atoms with E-state index in [0.717, 1.165) is 0 Å². The number of aromatic hydroxyl groups is 1. The maximum Gasteiger partial charge on any atom is 0.125 e. The average molecular weight is 394 g/mol. The van der Waals surface area contributed by atoms with Crippen molar-refractivity contribution in [1.82, 2.24) is 15.0 Å². The van der Waals surface area contributed by atoms with Crippen LogP contribution in [0.25, 0.3) is 16.9 Å². The maximum absolute atomic E-state index is 10.1. The molecule has 8 nitrogen and oxygen atoms in total. The highest BCUT2D eigenvalue weighted by atomic mass is 35.5. The molecule has 0 saturated heterocycles. The summed E-state index contributed by atoms with van der Waals surface area (Å²) < 4.78 is 1.53. The molecular formula is C16H17Cl2N7O. The lowest BCUT2D eigenvalue weighted by Gasteiger charge is -2.04. The number of amidine groups is 2. The minimum Gasteiger partial charge on any atom is -0.507 e. The number of phenolic OH excluding ortho intramolecular Hbond substituents is 1. The van der Waals surface area contributed by atoms with Crippen molar-refractivity contribution in [2.75, 3.05) is 0 Å². The fraction of sp³-hybridized carbons (Fsp3) is 0. The van der Waals surface area contributed by atoms with Crippen molar-refractivity contribution in [3.63, 3.8) is 0 Å². The molecular weight excluding hydrogens is 377 g/mol. The molecule has 7 N–H and O–H groups in total. The molecule has 2 aromatic carbocycles. The van der Waals surface area contributed by atoms with Gasteiger partial charge in [0.15, 0.2) is 0 Å². The summed E-state index contributed by atoms with van der Waals surface area (Å²) in [5.74, 6) is -0.191. The van der Waals surface area contributed by atoms with Gasteiger partial charge in [-0.3, -0.25) is 10.8 Å². The Balaban J connectivity index is 0.00000169. The molecule has 0 bridgehead atoms. The van der Waals surface area contributed by atoms with Crippen molar-refractivity contribution in [3.05, 3.63) is 59.8 Å². The Morgan fingerprint density at radius 1 is 0.962 bits per heavy atom. The first-order valence-electron chi connectivity index (χ1n) is 7.00. The van der Waals surface area contributed by atoms with E-state index in [4.69, 9.17) is 22.3 Å². The van der Waals surface area contributed by atoms with Crippen molar-refractivity contribution in [3.8, 4) is 22.7 Å². The fourth-order valence-corrected chi connectivity index (χ4v) is 2.25. The lowest BCUT2D eigenvalue weighted by Crippen LogP contribution is -2.11. The van der Waals surface area contributed by atoms with E-state index in [1.807, 2.05) is 6.07 Å². The molecule has 0 fully saturated rings. The van der Waals surface area contributed by atoms with Crippen molar-refractivity contribution in [2.24, 2.45) is 11.5 Å². The number of rotatable bonds is 4. The molecule has 0 saturated carbocycles. The predicted molar refractivity (Wildman–Crippen MR) is 105 cm³/mol. The molecule has 0 spiro atoms. The number of nitrogens with one attached hydrogen (secondary N) is 2. The highest BCUT2D eigenvalue weighted by Gasteiger charge is 2.11. The Kier molecular flexibility index (Phi) is 6.71. The van der Waals surface area contributed by atoms with E-state index < -0.39 is 0 Å². The Hall–Kier alpha value is -3.10. The van der Waals surface area contributed by atoms with Crippen LogP contribution in [0.4, 0.5) is 0 Å². The van der Waals surface area contributed by atoms with Crippen LogP contribution < -0.4 is 11.5 Å². The zero-order valence-electron chi connectivity index (χ0n) is 13.4. The highest BCUT2D eigenvalue weighted by Crippen LogP contribution is 2.28. The first-order valence-corrected chi connectivity index (χ1v) is 7.00. The SMILES string of the molecule is Cl.Cl.N=C(N)c1cccc(-n2cc(-c3ccc(C(=N)N)cc3O)nn2)c1. The molecule has 3 rings (SSSR count). The quantitative estimate of drug-likeness (QED) is 0.339. The number of nitrogens with zero attached hydrogens (tertiary/aromatic N) is 3. The summed E-state index contributed by atoms with van der Waals surface area (Å²) in [6, 6.07) is 11.7. The Morgan fingerprint density at radius 3 is 2.23 bits per heavy atom. The number of halogens is 2. The van der Waals surface area contributed by atoms with Gasteiger partial charge >= 0.3 is 0 Å². The first kappa shape index (κ1) is 20.9. The van der Waals surface area contributed by atoms with Crippen molar-refractivity contribution in [2.45, 2.75) is 0 Å². The monoisotopic (exact) mass is 393 g/mol. The summed E-state index contributed by atoms with van der Waals surface area (Å²) in [6.45, 7) is 0. The molecule has 136 valence electrons. The van der Waals surface area contributed by atoms with Crippen LogP contribution in [0.15, 0.2) is 48.7 Å². The van der Waals surface area contributed by atoms with Crippen LogP contribution in [0.3, 0.4) is 0 Å². The van der Waals surface area contributed by atoms with Crippen LogP contribution in [0.2, 0.25) is 0 Å². The van der Waals surface area contributed by atoms with Gasteiger partial charge in [0.2, 0.25) is 0 Å². The lowest BCUT2D eigenvalue weighted by atomic mass is 10.1. The maximum atomic E-state index is 10.1.